The van der Waals surface area contributed by atoms with Crippen LogP contribution in [-0.4, -0.2) is 0 Å². The summed E-state index contributed by atoms with van der Waals surface area (Å²) < 4.78 is 0. The highest BCUT2D eigenvalue weighted by Gasteiger charge is 2.29. The molecule has 0 radical (unpaired) electrons. The van der Waals surface area contributed by atoms with E-state index in [0.29, 0.717) is 0 Å². The van der Waals surface area contributed by atoms with Gasteiger partial charge in [-0.3, -0.25) is 0 Å². The predicted octanol–water partition coefficient (Wildman–Crippen LogP) is 6.82. The second kappa shape index (κ2) is 9.42. The fourth-order valence-electron chi connectivity index (χ4n) is 3.81. The minimum atomic E-state index is 0.836. The SMILES string of the molecule is CCCCCCCCCCCC/C=C1\CC2C=CC1C2. The summed E-state index contributed by atoms with van der Waals surface area (Å²) in [6.07, 6.45) is 26.0. The van der Waals surface area contributed by atoms with E-state index in [1.165, 1.54) is 83.5 Å². The van der Waals surface area contributed by atoms with E-state index in [1.54, 1.807) is 5.57 Å². The van der Waals surface area contributed by atoms with Crippen molar-refractivity contribution in [2.24, 2.45) is 11.8 Å². The first-order chi connectivity index (χ1) is 9.90. The third-order valence-electron chi connectivity index (χ3n) is 5.11. The molecule has 0 saturated heterocycles. The molecule has 0 nitrogen and oxygen atoms in total. The molecule has 0 aromatic carbocycles. The Morgan fingerprint density at radius 2 is 1.55 bits per heavy atom. The van der Waals surface area contributed by atoms with Crippen LogP contribution in [0, 0.1) is 11.8 Å². The van der Waals surface area contributed by atoms with Crippen LogP contribution < -0.4 is 0 Å². The van der Waals surface area contributed by atoms with Gasteiger partial charge in [-0.05, 0) is 37.5 Å². The van der Waals surface area contributed by atoms with Gasteiger partial charge in [0.15, 0.2) is 0 Å². The van der Waals surface area contributed by atoms with Crippen LogP contribution in [0.1, 0.15) is 90.4 Å². The molecular weight excluding hydrogens is 240 g/mol. The normalized spacial score (nSPS) is 25.9. The number of unbranched alkanes of at least 4 members (excludes halogenated alkanes) is 10. The molecule has 0 amide bonds. The fraction of sp³-hybridized carbons (Fsp3) is 0.800. The van der Waals surface area contributed by atoms with Crippen LogP contribution in [0.15, 0.2) is 23.8 Å². The first-order valence-electron chi connectivity index (χ1n) is 9.27. The lowest BCUT2D eigenvalue weighted by molar-refractivity contribution is 0.557. The van der Waals surface area contributed by atoms with Crippen molar-refractivity contribution in [1.82, 2.24) is 0 Å². The van der Waals surface area contributed by atoms with Gasteiger partial charge in [0.1, 0.15) is 0 Å². The molecule has 0 aliphatic heterocycles. The minimum absolute atomic E-state index is 0.836. The number of hydrogen-bond acceptors (Lipinski definition) is 0. The Labute approximate surface area is 126 Å². The Kier molecular flexibility index (Phi) is 7.47. The van der Waals surface area contributed by atoms with Crippen LogP contribution in [0.2, 0.25) is 0 Å². The van der Waals surface area contributed by atoms with Crippen molar-refractivity contribution >= 4 is 0 Å². The number of fused-ring (bicyclic) bond motifs is 2. The van der Waals surface area contributed by atoms with E-state index >= 15 is 0 Å². The van der Waals surface area contributed by atoms with E-state index in [9.17, 15) is 0 Å². The Hall–Kier alpha value is -0.520. The molecular formula is C20H34. The quantitative estimate of drug-likeness (QED) is 0.286. The highest BCUT2D eigenvalue weighted by Crippen LogP contribution is 2.43. The van der Waals surface area contributed by atoms with Crippen LogP contribution in [0.3, 0.4) is 0 Å². The van der Waals surface area contributed by atoms with Crippen LogP contribution in [0.5, 0.6) is 0 Å². The van der Waals surface area contributed by atoms with Crippen molar-refractivity contribution in [2.45, 2.75) is 90.4 Å². The molecule has 0 spiro atoms. The minimum Gasteiger partial charge on any atom is -0.0847 e. The van der Waals surface area contributed by atoms with Gasteiger partial charge in [-0.15, -0.1) is 0 Å². The molecule has 2 atom stereocenters. The first-order valence-corrected chi connectivity index (χ1v) is 9.27. The molecule has 0 aromatic heterocycles. The van der Waals surface area contributed by atoms with E-state index in [0.717, 1.165) is 11.8 Å². The van der Waals surface area contributed by atoms with Gasteiger partial charge in [0.2, 0.25) is 0 Å². The second-order valence-electron chi connectivity index (χ2n) is 6.94. The molecule has 20 heavy (non-hydrogen) atoms. The summed E-state index contributed by atoms with van der Waals surface area (Å²) >= 11 is 0. The average molecular weight is 274 g/mol. The van der Waals surface area contributed by atoms with Gasteiger partial charge in [0.05, 0.1) is 0 Å². The van der Waals surface area contributed by atoms with Crippen molar-refractivity contribution in [2.75, 3.05) is 0 Å². The summed E-state index contributed by atoms with van der Waals surface area (Å²) in [7, 11) is 0. The fourth-order valence-corrected chi connectivity index (χ4v) is 3.81. The molecule has 0 heteroatoms. The molecule has 1 saturated carbocycles. The Morgan fingerprint density at radius 1 is 0.900 bits per heavy atom. The maximum atomic E-state index is 2.57. The maximum absolute atomic E-state index is 2.57. The Bertz CT molecular complexity index is 310. The lowest BCUT2D eigenvalue weighted by atomic mass is 9.98. The van der Waals surface area contributed by atoms with Gasteiger partial charge in [-0.25, -0.2) is 0 Å². The van der Waals surface area contributed by atoms with Gasteiger partial charge in [0, 0.05) is 0 Å². The summed E-state index contributed by atoms with van der Waals surface area (Å²) in [6, 6.07) is 0. The van der Waals surface area contributed by atoms with E-state index in [-0.39, 0.29) is 0 Å². The predicted molar refractivity (Wildman–Crippen MR) is 89.9 cm³/mol. The third kappa shape index (κ3) is 5.46. The molecule has 2 unspecified atom stereocenters. The van der Waals surface area contributed by atoms with Crippen LogP contribution in [0.25, 0.3) is 0 Å². The maximum Gasteiger partial charge on any atom is -0.00173 e. The zero-order valence-electron chi connectivity index (χ0n) is 13.6. The summed E-state index contributed by atoms with van der Waals surface area (Å²) in [5.41, 5.74) is 1.76. The van der Waals surface area contributed by atoms with Crippen molar-refractivity contribution in [3.05, 3.63) is 23.8 Å². The van der Waals surface area contributed by atoms with Crippen molar-refractivity contribution < 1.29 is 0 Å². The van der Waals surface area contributed by atoms with E-state index in [1.807, 2.05) is 0 Å². The molecule has 0 N–H and O–H groups in total. The standard InChI is InChI=1S/C20H34/c1-2-3-4-5-6-7-8-9-10-11-12-13-19-16-18-14-15-20(19)17-18/h13-15,18,20H,2-12,16-17H2,1H3/b19-13+. The zero-order valence-corrected chi connectivity index (χ0v) is 13.6. The van der Waals surface area contributed by atoms with Crippen molar-refractivity contribution in [3.63, 3.8) is 0 Å². The molecule has 0 aromatic rings. The molecule has 0 heterocycles. The van der Waals surface area contributed by atoms with Gasteiger partial charge in [-0.1, -0.05) is 88.5 Å². The summed E-state index contributed by atoms with van der Waals surface area (Å²) in [6.45, 7) is 2.29. The van der Waals surface area contributed by atoms with Crippen molar-refractivity contribution in [1.29, 1.82) is 0 Å². The van der Waals surface area contributed by atoms with Crippen LogP contribution in [0.4, 0.5) is 0 Å². The molecule has 1 fully saturated rings. The number of hydrogen-bond donors (Lipinski definition) is 0. The smallest absolute Gasteiger partial charge is 0.00173 e. The first kappa shape index (κ1) is 15.9. The van der Waals surface area contributed by atoms with E-state index in [4.69, 9.17) is 0 Å². The second-order valence-corrected chi connectivity index (χ2v) is 6.94. The molecule has 2 rings (SSSR count). The molecule has 2 bridgehead atoms. The molecule has 114 valence electrons. The largest absolute Gasteiger partial charge is 0.0847 e. The number of rotatable bonds is 11. The lowest BCUT2D eigenvalue weighted by Gasteiger charge is -2.07. The van der Waals surface area contributed by atoms with Crippen LogP contribution in [-0.2, 0) is 0 Å². The summed E-state index contributed by atoms with van der Waals surface area (Å²) in [5, 5.41) is 0. The highest BCUT2D eigenvalue weighted by molar-refractivity contribution is 5.26. The zero-order chi connectivity index (χ0) is 14.0. The van der Waals surface area contributed by atoms with Gasteiger partial charge in [-0.2, -0.15) is 0 Å². The Morgan fingerprint density at radius 3 is 2.10 bits per heavy atom. The molecule has 2 aliphatic rings. The molecule has 2 aliphatic carbocycles. The lowest BCUT2D eigenvalue weighted by Crippen LogP contribution is -1.92. The summed E-state index contributed by atoms with van der Waals surface area (Å²) in [5.74, 6) is 1.74. The monoisotopic (exact) mass is 274 g/mol. The third-order valence-corrected chi connectivity index (χ3v) is 5.11. The summed E-state index contributed by atoms with van der Waals surface area (Å²) in [4.78, 5) is 0. The van der Waals surface area contributed by atoms with Crippen molar-refractivity contribution in [3.8, 4) is 0 Å². The van der Waals surface area contributed by atoms with Gasteiger partial charge >= 0.3 is 0 Å². The van der Waals surface area contributed by atoms with E-state index < -0.39 is 0 Å². The topological polar surface area (TPSA) is 0 Å². The number of allylic oxidation sites excluding steroid dienone is 4. The van der Waals surface area contributed by atoms with Crippen LogP contribution >= 0.6 is 0 Å². The average Bonchev–Trinajstić information content (AvgIpc) is 3.07. The van der Waals surface area contributed by atoms with Gasteiger partial charge in [0.25, 0.3) is 0 Å². The Balaban J connectivity index is 1.37. The highest BCUT2D eigenvalue weighted by atomic mass is 14.3. The van der Waals surface area contributed by atoms with Gasteiger partial charge < -0.3 is 0 Å². The van der Waals surface area contributed by atoms with E-state index in [2.05, 4.69) is 25.2 Å².